The zero-order chi connectivity index (χ0) is 17.5. The molecule has 1 heterocycles. The third-order valence-corrected chi connectivity index (χ3v) is 5.70. The van der Waals surface area contributed by atoms with Crippen molar-refractivity contribution >= 4 is 44.7 Å². The summed E-state index contributed by atoms with van der Waals surface area (Å²) in [7, 11) is -2.84. The molecule has 8 heteroatoms. The number of halogens is 1. The number of nitrogens with one attached hydrogen (secondary N) is 1. The Morgan fingerprint density at radius 3 is 2.42 bits per heavy atom. The van der Waals surface area contributed by atoms with Gasteiger partial charge < -0.3 is 10.4 Å². The predicted molar refractivity (Wildman–Crippen MR) is 93.4 cm³/mol. The van der Waals surface area contributed by atoms with Crippen LogP contribution in [-0.2, 0) is 14.8 Å². The molecule has 24 heavy (non-hydrogen) atoms. The Balaban J connectivity index is 2.07. The normalized spacial score (nSPS) is 15.8. The number of benzene rings is 2. The molecule has 0 saturated carbocycles. The summed E-state index contributed by atoms with van der Waals surface area (Å²) >= 11 is 5.78. The molecule has 124 valence electrons. The molecular formula is C16H13ClN2O4S. The number of hydrogen-bond acceptors (Lipinski definition) is 4. The summed E-state index contributed by atoms with van der Waals surface area (Å²) in [6, 6.07) is 12.6. The lowest BCUT2D eigenvalue weighted by Crippen LogP contribution is -2.37. The lowest BCUT2D eigenvalue weighted by atomic mass is 10.1. The topological polar surface area (TPSA) is 86.7 Å². The van der Waals surface area contributed by atoms with Crippen LogP contribution >= 0.6 is 11.6 Å². The first-order valence-electron chi connectivity index (χ1n) is 6.91. The SMILES string of the molecule is CN1c2ccccc2C(O)=C(C(=O)Nc2ccc(Cl)cc2)S1(=O)=O. The number of nitrogens with zero attached hydrogens (tertiary/aromatic N) is 1. The van der Waals surface area contributed by atoms with Crippen molar-refractivity contribution in [3.05, 3.63) is 64.0 Å². The second kappa shape index (κ2) is 5.85. The van der Waals surface area contributed by atoms with Crippen LogP contribution in [-0.4, -0.2) is 26.5 Å². The molecule has 1 aliphatic heterocycles. The summed E-state index contributed by atoms with van der Waals surface area (Å²) < 4.78 is 26.2. The number of amides is 1. The summed E-state index contributed by atoms with van der Waals surface area (Å²) in [6.45, 7) is 0. The molecule has 3 rings (SSSR count). The number of anilines is 2. The maximum absolute atomic E-state index is 12.6. The molecule has 0 spiro atoms. The number of hydrogen-bond donors (Lipinski definition) is 2. The predicted octanol–water partition coefficient (Wildman–Crippen LogP) is 2.98. The summed E-state index contributed by atoms with van der Waals surface area (Å²) in [4.78, 5) is 11.8. The van der Waals surface area contributed by atoms with Crippen LogP contribution in [0.15, 0.2) is 53.4 Å². The van der Waals surface area contributed by atoms with E-state index >= 15 is 0 Å². The smallest absolute Gasteiger partial charge is 0.273 e. The van der Waals surface area contributed by atoms with Crippen LogP contribution in [0.25, 0.3) is 5.76 Å². The number of para-hydroxylation sites is 1. The molecule has 1 aliphatic rings. The van der Waals surface area contributed by atoms with Crippen molar-refractivity contribution in [2.45, 2.75) is 0 Å². The number of rotatable bonds is 2. The average molecular weight is 365 g/mol. The Bertz CT molecular complexity index is 952. The minimum Gasteiger partial charge on any atom is -0.506 e. The van der Waals surface area contributed by atoms with E-state index in [1.54, 1.807) is 36.4 Å². The number of fused-ring (bicyclic) bond motifs is 1. The Hall–Kier alpha value is -2.51. The number of carbonyl (C=O) groups is 1. The van der Waals surface area contributed by atoms with Crippen molar-refractivity contribution in [1.29, 1.82) is 0 Å². The van der Waals surface area contributed by atoms with Crippen LogP contribution < -0.4 is 9.62 Å². The van der Waals surface area contributed by atoms with Gasteiger partial charge >= 0.3 is 0 Å². The van der Waals surface area contributed by atoms with Crippen molar-refractivity contribution in [2.75, 3.05) is 16.7 Å². The van der Waals surface area contributed by atoms with Gasteiger partial charge in [0.25, 0.3) is 15.9 Å². The molecule has 2 aromatic rings. The molecule has 0 atom stereocenters. The minimum atomic E-state index is -4.17. The van der Waals surface area contributed by atoms with Crippen LogP contribution in [0.5, 0.6) is 0 Å². The highest BCUT2D eigenvalue weighted by Crippen LogP contribution is 2.37. The van der Waals surface area contributed by atoms with Gasteiger partial charge in [-0.25, -0.2) is 8.42 Å². The summed E-state index contributed by atoms with van der Waals surface area (Å²) in [5.41, 5.74) is 0.940. The fourth-order valence-electron chi connectivity index (χ4n) is 2.41. The van der Waals surface area contributed by atoms with Crippen molar-refractivity contribution in [1.82, 2.24) is 0 Å². The zero-order valence-corrected chi connectivity index (χ0v) is 14.1. The molecule has 0 saturated heterocycles. The zero-order valence-electron chi connectivity index (χ0n) is 12.5. The minimum absolute atomic E-state index is 0.274. The fourth-order valence-corrected chi connectivity index (χ4v) is 3.86. The Kier molecular flexibility index (Phi) is 3.98. The second-order valence-electron chi connectivity index (χ2n) is 5.13. The van der Waals surface area contributed by atoms with E-state index in [9.17, 15) is 18.3 Å². The van der Waals surface area contributed by atoms with E-state index < -0.39 is 26.6 Å². The van der Waals surface area contributed by atoms with Crippen LogP contribution in [0.2, 0.25) is 5.02 Å². The van der Waals surface area contributed by atoms with Gasteiger partial charge in [-0.1, -0.05) is 23.7 Å². The molecule has 0 bridgehead atoms. The molecule has 2 aromatic carbocycles. The highest BCUT2D eigenvalue weighted by atomic mass is 35.5. The van der Waals surface area contributed by atoms with Crippen molar-refractivity contribution < 1.29 is 18.3 Å². The monoisotopic (exact) mass is 364 g/mol. The largest absolute Gasteiger partial charge is 0.506 e. The first-order valence-corrected chi connectivity index (χ1v) is 8.72. The fraction of sp³-hybridized carbons (Fsp3) is 0.0625. The highest BCUT2D eigenvalue weighted by molar-refractivity contribution is 7.97. The molecular weight excluding hydrogens is 352 g/mol. The lowest BCUT2D eigenvalue weighted by Gasteiger charge is -2.28. The first kappa shape index (κ1) is 16.4. The van der Waals surface area contributed by atoms with Crippen LogP contribution in [0.4, 0.5) is 11.4 Å². The van der Waals surface area contributed by atoms with Crippen LogP contribution in [0, 0.1) is 0 Å². The molecule has 6 nitrogen and oxygen atoms in total. The molecule has 0 unspecified atom stereocenters. The summed E-state index contributed by atoms with van der Waals surface area (Å²) in [5.74, 6) is -1.49. The van der Waals surface area contributed by atoms with E-state index in [0.29, 0.717) is 16.4 Å². The van der Waals surface area contributed by atoms with Gasteiger partial charge in [0.2, 0.25) is 0 Å². The molecule has 0 aliphatic carbocycles. The first-order chi connectivity index (χ1) is 11.3. The third-order valence-electron chi connectivity index (χ3n) is 3.64. The maximum atomic E-state index is 12.6. The average Bonchev–Trinajstić information content (AvgIpc) is 2.55. The quantitative estimate of drug-likeness (QED) is 0.857. The molecule has 1 amide bonds. The summed E-state index contributed by atoms with van der Waals surface area (Å²) in [6.07, 6.45) is 0. The Morgan fingerprint density at radius 1 is 1.12 bits per heavy atom. The molecule has 0 radical (unpaired) electrons. The van der Waals surface area contributed by atoms with Crippen LogP contribution in [0.3, 0.4) is 0 Å². The van der Waals surface area contributed by atoms with Crippen molar-refractivity contribution in [3.8, 4) is 0 Å². The van der Waals surface area contributed by atoms with Crippen LogP contribution in [0.1, 0.15) is 5.56 Å². The highest BCUT2D eigenvalue weighted by Gasteiger charge is 2.39. The Labute approximate surface area is 144 Å². The van der Waals surface area contributed by atoms with Gasteiger partial charge in [-0.2, -0.15) is 0 Å². The number of carbonyl (C=O) groups excluding carboxylic acids is 1. The lowest BCUT2D eigenvalue weighted by molar-refractivity contribution is -0.112. The van der Waals surface area contributed by atoms with Crippen molar-refractivity contribution in [2.24, 2.45) is 0 Å². The van der Waals surface area contributed by atoms with E-state index in [4.69, 9.17) is 11.6 Å². The third kappa shape index (κ3) is 2.61. The molecule has 2 N–H and O–H groups in total. The van der Waals surface area contributed by atoms with Gasteiger partial charge in [0.15, 0.2) is 10.7 Å². The Morgan fingerprint density at radius 2 is 1.75 bits per heavy atom. The van der Waals surface area contributed by atoms with E-state index in [-0.39, 0.29) is 5.56 Å². The molecule has 0 fully saturated rings. The van der Waals surface area contributed by atoms with E-state index in [2.05, 4.69) is 5.32 Å². The maximum Gasteiger partial charge on any atom is 0.273 e. The number of aliphatic hydroxyl groups excluding tert-OH is 1. The molecule has 0 aromatic heterocycles. The van der Waals surface area contributed by atoms with E-state index in [1.165, 1.54) is 19.2 Å². The van der Waals surface area contributed by atoms with E-state index in [0.717, 1.165) is 4.31 Å². The van der Waals surface area contributed by atoms with Gasteiger partial charge in [0.05, 0.1) is 5.69 Å². The second-order valence-corrected chi connectivity index (χ2v) is 7.47. The number of aliphatic hydroxyl groups is 1. The van der Waals surface area contributed by atoms with Gasteiger partial charge in [0, 0.05) is 23.3 Å². The summed E-state index contributed by atoms with van der Waals surface area (Å²) in [5, 5.41) is 13.3. The van der Waals surface area contributed by atoms with Gasteiger partial charge in [-0.3, -0.25) is 9.10 Å². The standard InChI is InChI=1S/C16H13ClN2O4S/c1-19-13-5-3-2-4-12(13)14(20)15(24(19,22)23)16(21)18-11-8-6-10(17)7-9-11/h2-9,20H,1H3,(H,18,21). The van der Waals surface area contributed by atoms with Gasteiger partial charge in [0.1, 0.15) is 0 Å². The van der Waals surface area contributed by atoms with Gasteiger partial charge in [-0.05, 0) is 36.4 Å². The van der Waals surface area contributed by atoms with Gasteiger partial charge in [-0.15, -0.1) is 0 Å². The van der Waals surface area contributed by atoms with E-state index in [1.807, 2.05) is 0 Å². The number of sulfonamides is 1. The van der Waals surface area contributed by atoms with Crippen molar-refractivity contribution in [3.63, 3.8) is 0 Å².